The van der Waals surface area contributed by atoms with Gasteiger partial charge in [0, 0.05) is 0 Å². The first kappa shape index (κ1) is 10.9. The number of nitrogens with one attached hydrogen (secondary N) is 2. The number of amides is 1. The molecule has 4 nitrogen and oxygen atoms in total. The zero-order valence-electron chi connectivity index (χ0n) is 9.22. The topological polar surface area (TPSA) is 67.2 Å². The van der Waals surface area contributed by atoms with Gasteiger partial charge in [-0.05, 0) is 57.8 Å². The van der Waals surface area contributed by atoms with Crippen molar-refractivity contribution in [2.75, 3.05) is 26.2 Å². The lowest BCUT2D eigenvalue weighted by Crippen LogP contribution is -2.53. The van der Waals surface area contributed by atoms with E-state index in [1.54, 1.807) is 0 Å². The fourth-order valence-corrected chi connectivity index (χ4v) is 3.05. The summed E-state index contributed by atoms with van der Waals surface area (Å²) >= 11 is 0. The minimum absolute atomic E-state index is 0.0855. The van der Waals surface area contributed by atoms with Crippen molar-refractivity contribution in [3.63, 3.8) is 0 Å². The molecule has 0 bridgehead atoms. The predicted octanol–water partition coefficient (Wildman–Crippen LogP) is -0.159. The first-order chi connectivity index (χ1) is 7.26. The highest BCUT2D eigenvalue weighted by molar-refractivity contribution is 5.81. The second-order valence-corrected chi connectivity index (χ2v) is 4.81. The Morgan fingerprint density at radius 2 is 1.93 bits per heavy atom. The van der Waals surface area contributed by atoms with Gasteiger partial charge < -0.3 is 16.4 Å². The largest absolute Gasteiger partial charge is 0.369 e. The molecule has 2 rings (SSSR count). The van der Waals surface area contributed by atoms with Crippen LogP contribution in [0.3, 0.4) is 0 Å². The monoisotopic (exact) mass is 211 g/mol. The maximum Gasteiger partial charge on any atom is 0.224 e. The molecule has 2 aliphatic rings. The number of hydrogen-bond acceptors (Lipinski definition) is 3. The molecule has 15 heavy (non-hydrogen) atoms. The molecule has 86 valence electrons. The highest BCUT2D eigenvalue weighted by Crippen LogP contribution is 2.39. The zero-order valence-corrected chi connectivity index (χ0v) is 9.22. The summed E-state index contributed by atoms with van der Waals surface area (Å²) in [6, 6.07) is 0. The van der Waals surface area contributed by atoms with Crippen LogP contribution in [0.15, 0.2) is 0 Å². The van der Waals surface area contributed by atoms with E-state index in [0.717, 1.165) is 45.4 Å². The van der Waals surface area contributed by atoms with E-state index in [1.807, 2.05) is 0 Å². The molecular weight excluding hydrogens is 190 g/mol. The fourth-order valence-electron chi connectivity index (χ4n) is 3.05. The van der Waals surface area contributed by atoms with Gasteiger partial charge in [-0.3, -0.25) is 4.79 Å². The van der Waals surface area contributed by atoms with Crippen LogP contribution < -0.4 is 16.4 Å². The molecular formula is C11H21N3O. The molecule has 0 radical (unpaired) electrons. The Hall–Kier alpha value is -0.610. The number of carbonyl (C=O) groups is 1. The molecule has 0 aromatic carbocycles. The summed E-state index contributed by atoms with van der Waals surface area (Å²) in [5, 5.41) is 6.69. The van der Waals surface area contributed by atoms with Gasteiger partial charge in [0.25, 0.3) is 0 Å². The Kier molecular flexibility index (Phi) is 3.26. The lowest BCUT2D eigenvalue weighted by Gasteiger charge is -2.43. The van der Waals surface area contributed by atoms with Crippen LogP contribution in [0.1, 0.15) is 25.7 Å². The molecule has 0 aromatic rings. The standard InChI is InChI=1S/C11H21N3O/c12-10(15)11(3-6-13-7-4-11)9-2-1-5-14-8-9/h9,13-14H,1-8H2,(H2,12,15). The van der Waals surface area contributed by atoms with E-state index in [1.165, 1.54) is 6.42 Å². The molecule has 4 N–H and O–H groups in total. The Labute approximate surface area is 91.0 Å². The molecule has 0 aromatic heterocycles. The van der Waals surface area contributed by atoms with Crippen LogP contribution in [0.4, 0.5) is 0 Å². The summed E-state index contributed by atoms with van der Waals surface area (Å²) in [5.41, 5.74) is 5.40. The van der Waals surface area contributed by atoms with Crippen molar-refractivity contribution in [1.29, 1.82) is 0 Å². The van der Waals surface area contributed by atoms with Crippen LogP contribution in [0.25, 0.3) is 0 Å². The Bertz CT molecular complexity index is 230. The summed E-state index contributed by atoms with van der Waals surface area (Å²) in [5.74, 6) is 0.364. The van der Waals surface area contributed by atoms with Gasteiger partial charge in [-0.15, -0.1) is 0 Å². The number of carbonyl (C=O) groups excluding carboxylic acids is 1. The van der Waals surface area contributed by atoms with Gasteiger partial charge in [-0.25, -0.2) is 0 Å². The third-order valence-electron chi connectivity index (χ3n) is 4.06. The zero-order chi connectivity index (χ0) is 10.7. The number of rotatable bonds is 2. The van der Waals surface area contributed by atoms with Crippen LogP contribution in [-0.4, -0.2) is 32.1 Å². The van der Waals surface area contributed by atoms with E-state index in [9.17, 15) is 4.79 Å². The molecule has 0 saturated carbocycles. The summed E-state index contributed by atoms with van der Waals surface area (Å²) in [4.78, 5) is 11.7. The Morgan fingerprint density at radius 1 is 1.20 bits per heavy atom. The molecule has 2 saturated heterocycles. The molecule has 1 unspecified atom stereocenters. The van der Waals surface area contributed by atoms with Crippen molar-refractivity contribution in [3.8, 4) is 0 Å². The lowest BCUT2D eigenvalue weighted by molar-refractivity contribution is -0.133. The van der Waals surface area contributed by atoms with Crippen molar-refractivity contribution in [2.45, 2.75) is 25.7 Å². The van der Waals surface area contributed by atoms with Gasteiger partial charge in [0.05, 0.1) is 5.41 Å². The van der Waals surface area contributed by atoms with E-state index in [0.29, 0.717) is 5.92 Å². The molecule has 1 amide bonds. The van der Waals surface area contributed by atoms with E-state index >= 15 is 0 Å². The minimum Gasteiger partial charge on any atom is -0.369 e. The van der Waals surface area contributed by atoms with Crippen molar-refractivity contribution in [2.24, 2.45) is 17.1 Å². The van der Waals surface area contributed by atoms with Crippen LogP contribution in [0.5, 0.6) is 0 Å². The third-order valence-corrected chi connectivity index (χ3v) is 4.06. The van der Waals surface area contributed by atoms with E-state index in [-0.39, 0.29) is 11.3 Å². The number of primary amides is 1. The van der Waals surface area contributed by atoms with Crippen molar-refractivity contribution in [1.82, 2.24) is 10.6 Å². The molecule has 0 aliphatic carbocycles. The van der Waals surface area contributed by atoms with Gasteiger partial charge in [-0.1, -0.05) is 0 Å². The van der Waals surface area contributed by atoms with Crippen LogP contribution in [0.2, 0.25) is 0 Å². The fraction of sp³-hybridized carbons (Fsp3) is 0.909. The highest BCUT2D eigenvalue weighted by atomic mass is 16.1. The number of hydrogen-bond donors (Lipinski definition) is 3. The average Bonchev–Trinajstić information content (AvgIpc) is 2.31. The van der Waals surface area contributed by atoms with E-state index in [4.69, 9.17) is 5.73 Å². The summed E-state index contributed by atoms with van der Waals surface area (Å²) < 4.78 is 0. The maximum absolute atomic E-state index is 11.7. The van der Waals surface area contributed by atoms with Crippen LogP contribution in [-0.2, 0) is 4.79 Å². The summed E-state index contributed by atoms with van der Waals surface area (Å²) in [6.45, 7) is 3.91. The van der Waals surface area contributed by atoms with Crippen LogP contribution in [0, 0.1) is 11.3 Å². The SMILES string of the molecule is NC(=O)C1(C2CCCNC2)CCNCC1. The smallest absolute Gasteiger partial charge is 0.224 e. The van der Waals surface area contributed by atoms with E-state index in [2.05, 4.69) is 10.6 Å². The highest BCUT2D eigenvalue weighted by Gasteiger charge is 2.44. The summed E-state index contributed by atoms with van der Waals surface area (Å²) in [6.07, 6.45) is 4.15. The maximum atomic E-state index is 11.7. The van der Waals surface area contributed by atoms with E-state index < -0.39 is 0 Å². The van der Waals surface area contributed by atoms with Crippen LogP contribution >= 0.6 is 0 Å². The Morgan fingerprint density at radius 3 is 2.47 bits per heavy atom. The van der Waals surface area contributed by atoms with Crippen molar-refractivity contribution in [3.05, 3.63) is 0 Å². The predicted molar refractivity (Wildman–Crippen MR) is 59.3 cm³/mol. The van der Waals surface area contributed by atoms with Gasteiger partial charge in [-0.2, -0.15) is 0 Å². The molecule has 1 atom stereocenters. The van der Waals surface area contributed by atoms with Crippen molar-refractivity contribution < 1.29 is 4.79 Å². The second-order valence-electron chi connectivity index (χ2n) is 4.81. The second kappa shape index (κ2) is 4.49. The van der Waals surface area contributed by atoms with Gasteiger partial charge in [0.15, 0.2) is 0 Å². The number of piperidine rings is 2. The molecule has 4 heteroatoms. The first-order valence-electron chi connectivity index (χ1n) is 5.97. The summed E-state index contributed by atoms with van der Waals surface area (Å²) in [7, 11) is 0. The van der Waals surface area contributed by atoms with Crippen molar-refractivity contribution >= 4 is 5.91 Å². The minimum atomic E-state index is -0.237. The molecule has 2 fully saturated rings. The molecule has 2 aliphatic heterocycles. The first-order valence-corrected chi connectivity index (χ1v) is 5.97. The van der Waals surface area contributed by atoms with Gasteiger partial charge >= 0.3 is 0 Å². The quantitative estimate of drug-likeness (QED) is 0.594. The van der Waals surface area contributed by atoms with Gasteiger partial charge in [0.1, 0.15) is 0 Å². The normalized spacial score (nSPS) is 31.1. The molecule has 2 heterocycles. The average molecular weight is 211 g/mol. The van der Waals surface area contributed by atoms with Gasteiger partial charge in [0.2, 0.25) is 5.91 Å². The lowest BCUT2D eigenvalue weighted by atomic mass is 9.66. The third kappa shape index (κ3) is 2.01. The molecule has 0 spiro atoms. The number of nitrogens with two attached hydrogens (primary N) is 1. The Balaban J connectivity index is 2.12.